The molecule has 0 bridgehead atoms. The largest absolute Gasteiger partial charge is 0.337 e. The first-order chi connectivity index (χ1) is 8.61. The average Bonchev–Trinajstić information content (AvgIpc) is 2.41. The standard InChI is InChI=1S/C13H16ClIN2O.ClH/c1-16-10-3-2-6-17(8-10)13(18)11-7-9(14)4-5-12(11)15;/h4-5,7,10,16H,2-3,6,8H2,1H3;1H. The monoisotopic (exact) mass is 414 g/mol. The van der Waals surface area contributed by atoms with Crippen molar-refractivity contribution < 1.29 is 4.79 Å². The van der Waals surface area contributed by atoms with Crippen LogP contribution in [0.15, 0.2) is 18.2 Å². The Bertz CT molecular complexity index is 456. The zero-order valence-electron chi connectivity index (χ0n) is 10.7. The molecule has 1 aliphatic rings. The number of hydrogen-bond acceptors (Lipinski definition) is 2. The van der Waals surface area contributed by atoms with E-state index in [2.05, 4.69) is 27.9 Å². The minimum absolute atomic E-state index is 0. The molecule has 0 saturated carbocycles. The number of nitrogens with zero attached hydrogens (tertiary/aromatic N) is 1. The van der Waals surface area contributed by atoms with Crippen molar-refractivity contribution in [1.82, 2.24) is 10.2 Å². The van der Waals surface area contributed by atoms with Crippen molar-refractivity contribution in [3.8, 4) is 0 Å². The van der Waals surface area contributed by atoms with Crippen molar-refractivity contribution >= 4 is 52.5 Å². The summed E-state index contributed by atoms with van der Waals surface area (Å²) in [6.07, 6.45) is 2.18. The molecule has 19 heavy (non-hydrogen) atoms. The molecule has 3 nitrogen and oxygen atoms in total. The molecule has 6 heteroatoms. The number of likely N-dealkylation sites (N-methyl/N-ethyl adjacent to an activating group) is 1. The van der Waals surface area contributed by atoms with Crippen LogP contribution in [0.1, 0.15) is 23.2 Å². The van der Waals surface area contributed by atoms with E-state index in [9.17, 15) is 4.79 Å². The first-order valence-electron chi connectivity index (χ1n) is 6.03. The summed E-state index contributed by atoms with van der Waals surface area (Å²) in [5, 5.41) is 3.86. The Balaban J connectivity index is 0.00000180. The fourth-order valence-corrected chi connectivity index (χ4v) is 2.97. The van der Waals surface area contributed by atoms with E-state index in [1.165, 1.54) is 0 Å². The molecule has 1 saturated heterocycles. The number of carbonyl (C=O) groups excluding carboxylic acids is 1. The highest BCUT2D eigenvalue weighted by Gasteiger charge is 2.24. The number of carbonyl (C=O) groups is 1. The topological polar surface area (TPSA) is 32.3 Å². The van der Waals surface area contributed by atoms with Crippen molar-refractivity contribution in [3.05, 3.63) is 32.4 Å². The molecule has 1 fully saturated rings. The highest BCUT2D eigenvalue weighted by Crippen LogP contribution is 2.21. The zero-order chi connectivity index (χ0) is 13.1. The number of hydrogen-bond donors (Lipinski definition) is 1. The number of rotatable bonds is 2. The van der Waals surface area contributed by atoms with Gasteiger partial charge >= 0.3 is 0 Å². The molecule has 1 heterocycles. The zero-order valence-corrected chi connectivity index (χ0v) is 14.4. The van der Waals surface area contributed by atoms with Crippen molar-refractivity contribution in [2.24, 2.45) is 0 Å². The summed E-state index contributed by atoms with van der Waals surface area (Å²) in [7, 11) is 1.95. The molecule has 1 aromatic carbocycles. The van der Waals surface area contributed by atoms with Crippen LogP contribution in [0.3, 0.4) is 0 Å². The van der Waals surface area contributed by atoms with E-state index in [0.717, 1.165) is 29.5 Å². The van der Waals surface area contributed by atoms with Crippen LogP contribution < -0.4 is 5.32 Å². The first-order valence-corrected chi connectivity index (χ1v) is 7.49. The van der Waals surface area contributed by atoms with Crippen molar-refractivity contribution in [1.29, 1.82) is 0 Å². The summed E-state index contributed by atoms with van der Waals surface area (Å²) in [5.74, 6) is 0.0850. The van der Waals surface area contributed by atoms with E-state index in [4.69, 9.17) is 11.6 Å². The van der Waals surface area contributed by atoms with Gasteiger partial charge in [-0.3, -0.25) is 4.79 Å². The summed E-state index contributed by atoms with van der Waals surface area (Å²) in [6.45, 7) is 1.61. The molecule has 1 N–H and O–H groups in total. The Kier molecular flexibility index (Phi) is 6.86. The van der Waals surface area contributed by atoms with E-state index >= 15 is 0 Å². The first kappa shape index (κ1) is 17.0. The van der Waals surface area contributed by atoms with Gasteiger partial charge in [-0.15, -0.1) is 12.4 Å². The van der Waals surface area contributed by atoms with E-state index in [-0.39, 0.29) is 18.3 Å². The number of piperidine rings is 1. The van der Waals surface area contributed by atoms with Crippen molar-refractivity contribution in [3.63, 3.8) is 0 Å². The van der Waals surface area contributed by atoms with Gasteiger partial charge in [0.2, 0.25) is 0 Å². The molecule has 1 unspecified atom stereocenters. The van der Waals surface area contributed by atoms with E-state index in [0.29, 0.717) is 16.6 Å². The van der Waals surface area contributed by atoms with Gasteiger partial charge in [-0.25, -0.2) is 0 Å². The van der Waals surface area contributed by atoms with Crippen molar-refractivity contribution in [2.75, 3.05) is 20.1 Å². The maximum absolute atomic E-state index is 12.5. The normalized spacial score (nSPS) is 18.9. The maximum atomic E-state index is 12.5. The third kappa shape index (κ3) is 4.21. The summed E-state index contributed by atoms with van der Waals surface area (Å²) in [6, 6.07) is 5.86. The quantitative estimate of drug-likeness (QED) is 0.753. The third-order valence-corrected chi connectivity index (χ3v) is 4.45. The average molecular weight is 415 g/mol. The van der Waals surface area contributed by atoms with Crippen LogP contribution in [0.5, 0.6) is 0 Å². The second-order valence-corrected chi connectivity index (χ2v) is 6.10. The third-order valence-electron chi connectivity index (χ3n) is 3.28. The fourth-order valence-electron chi connectivity index (χ4n) is 2.23. The molecule has 0 aromatic heterocycles. The lowest BCUT2D eigenvalue weighted by Gasteiger charge is -2.32. The van der Waals surface area contributed by atoms with Crippen molar-refractivity contribution in [2.45, 2.75) is 18.9 Å². The van der Waals surface area contributed by atoms with E-state index in [1.54, 1.807) is 6.07 Å². The SMILES string of the molecule is CNC1CCCN(C(=O)c2cc(Cl)ccc2I)C1.Cl. The predicted molar refractivity (Wildman–Crippen MR) is 89.4 cm³/mol. The molecule has 0 aliphatic carbocycles. The van der Waals surface area contributed by atoms with Gasteiger partial charge in [0.1, 0.15) is 0 Å². The summed E-state index contributed by atoms with van der Waals surface area (Å²) < 4.78 is 0.952. The smallest absolute Gasteiger partial charge is 0.255 e. The lowest BCUT2D eigenvalue weighted by molar-refractivity contribution is 0.0697. The molecule has 1 aromatic rings. The van der Waals surface area contributed by atoms with Crippen LogP contribution in [-0.2, 0) is 0 Å². The van der Waals surface area contributed by atoms with Gasteiger partial charge in [-0.2, -0.15) is 0 Å². The Labute approximate surface area is 138 Å². The van der Waals surface area contributed by atoms with Gasteiger partial charge in [-0.1, -0.05) is 11.6 Å². The van der Waals surface area contributed by atoms with Gasteiger partial charge in [-0.05, 0) is 60.7 Å². The number of benzene rings is 1. The second-order valence-electron chi connectivity index (χ2n) is 4.50. The summed E-state index contributed by atoms with van der Waals surface area (Å²) in [5.41, 5.74) is 0.708. The van der Waals surface area contributed by atoms with Crippen LogP contribution in [-0.4, -0.2) is 37.0 Å². The van der Waals surface area contributed by atoms with Gasteiger partial charge in [0.25, 0.3) is 5.91 Å². The number of nitrogens with one attached hydrogen (secondary N) is 1. The van der Waals surface area contributed by atoms with Crippen LogP contribution in [0.2, 0.25) is 5.02 Å². The van der Waals surface area contributed by atoms with Gasteiger partial charge in [0.05, 0.1) is 5.56 Å². The maximum Gasteiger partial charge on any atom is 0.255 e. The number of likely N-dealkylation sites (tertiary alicyclic amines) is 1. The van der Waals surface area contributed by atoms with Gasteiger partial charge in [0.15, 0.2) is 0 Å². The highest BCUT2D eigenvalue weighted by atomic mass is 127. The minimum atomic E-state index is 0. The van der Waals surface area contributed by atoms with E-state index < -0.39 is 0 Å². The second kappa shape index (κ2) is 7.67. The van der Waals surface area contributed by atoms with E-state index in [1.807, 2.05) is 24.1 Å². The predicted octanol–water partition coefficient (Wildman–Crippen LogP) is 3.19. The lowest BCUT2D eigenvalue weighted by Crippen LogP contribution is -2.47. The Morgan fingerprint density at radius 3 is 2.95 bits per heavy atom. The molecule has 0 spiro atoms. The molecular weight excluding hydrogens is 398 g/mol. The minimum Gasteiger partial charge on any atom is -0.337 e. The molecule has 1 amide bonds. The molecule has 106 valence electrons. The summed E-state index contributed by atoms with van der Waals surface area (Å²) >= 11 is 8.15. The molecule has 1 atom stereocenters. The fraction of sp³-hybridized carbons (Fsp3) is 0.462. The van der Waals surface area contributed by atoms with Gasteiger partial charge in [0, 0.05) is 27.7 Å². The molecule has 2 rings (SSSR count). The van der Waals surface area contributed by atoms with Crippen LogP contribution in [0, 0.1) is 3.57 Å². The van der Waals surface area contributed by atoms with Gasteiger partial charge < -0.3 is 10.2 Å². The number of amides is 1. The summed E-state index contributed by atoms with van der Waals surface area (Å²) in [4.78, 5) is 14.4. The Morgan fingerprint density at radius 1 is 1.53 bits per heavy atom. The highest BCUT2D eigenvalue weighted by molar-refractivity contribution is 14.1. The lowest BCUT2D eigenvalue weighted by atomic mass is 10.0. The molecular formula is C13H17Cl2IN2O. The van der Waals surface area contributed by atoms with Crippen LogP contribution in [0.4, 0.5) is 0 Å². The molecule has 1 aliphatic heterocycles. The van der Waals surface area contributed by atoms with Crippen LogP contribution in [0.25, 0.3) is 0 Å². The Hall–Kier alpha value is -0.0400. The molecule has 0 radical (unpaired) electrons. The number of halogens is 3. The van der Waals surface area contributed by atoms with Crippen LogP contribution >= 0.6 is 46.6 Å². The Morgan fingerprint density at radius 2 is 2.26 bits per heavy atom.